The van der Waals surface area contributed by atoms with Gasteiger partial charge >= 0.3 is 0 Å². The van der Waals surface area contributed by atoms with Gasteiger partial charge in [0.05, 0.1) is 5.54 Å². The molecule has 0 bridgehead atoms. The smallest absolute Gasteiger partial charge is 0.0627 e. The van der Waals surface area contributed by atoms with Gasteiger partial charge in [0.15, 0.2) is 0 Å². The minimum Gasteiger partial charge on any atom is -0.282 e. The molecule has 0 fully saturated rings. The second-order valence-electron chi connectivity index (χ2n) is 6.57. The molecular formula is C19H22N2. The summed E-state index contributed by atoms with van der Waals surface area (Å²) in [5, 5.41) is 0. The highest BCUT2D eigenvalue weighted by Gasteiger charge is 2.37. The standard InChI is InChI=1S/C19H22N2/c1-13-5-6-16(14(2)11-13)18-12-17(19(3,4)21-18)15-7-9-20-10-8-15/h5-11,17H,12H2,1-4H3/t17-/m1/s1. The van der Waals surface area contributed by atoms with E-state index in [1.807, 2.05) is 12.4 Å². The molecule has 1 aromatic heterocycles. The Labute approximate surface area is 127 Å². The summed E-state index contributed by atoms with van der Waals surface area (Å²) in [5.74, 6) is 0.427. The molecule has 2 aromatic rings. The summed E-state index contributed by atoms with van der Waals surface area (Å²) < 4.78 is 0. The zero-order valence-corrected chi connectivity index (χ0v) is 13.2. The van der Waals surface area contributed by atoms with Crippen molar-refractivity contribution in [2.75, 3.05) is 0 Å². The molecule has 0 unspecified atom stereocenters. The van der Waals surface area contributed by atoms with Crippen LogP contribution in [0.15, 0.2) is 47.7 Å². The van der Waals surface area contributed by atoms with Crippen LogP contribution in [-0.2, 0) is 0 Å². The van der Waals surface area contributed by atoms with Gasteiger partial charge in [0.2, 0.25) is 0 Å². The molecule has 0 spiro atoms. The average Bonchev–Trinajstić information content (AvgIpc) is 2.75. The van der Waals surface area contributed by atoms with Crippen molar-refractivity contribution in [3.63, 3.8) is 0 Å². The Bertz CT molecular complexity index is 684. The molecule has 2 nitrogen and oxygen atoms in total. The number of pyridine rings is 1. The van der Waals surface area contributed by atoms with Gasteiger partial charge in [-0.05, 0) is 62.9 Å². The molecular weight excluding hydrogens is 256 g/mol. The van der Waals surface area contributed by atoms with Gasteiger partial charge in [-0.1, -0.05) is 23.8 Å². The van der Waals surface area contributed by atoms with E-state index in [0.717, 1.165) is 6.42 Å². The van der Waals surface area contributed by atoms with Gasteiger partial charge in [-0.3, -0.25) is 9.98 Å². The molecule has 1 aliphatic heterocycles. The number of aliphatic imine (C=N–C) groups is 1. The van der Waals surface area contributed by atoms with Crippen LogP contribution in [0.4, 0.5) is 0 Å². The second kappa shape index (κ2) is 5.10. The average molecular weight is 278 g/mol. The quantitative estimate of drug-likeness (QED) is 0.796. The van der Waals surface area contributed by atoms with Crippen LogP contribution in [0.3, 0.4) is 0 Å². The SMILES string of the molecule is Cc1ccc(C2=NC(C)(C)[C@@H](c3ccncc3)C2)c(C)c1. The molecule has 0 radical (unpaired) electrons. The first-order valence-corrected chi connectivity index (χ1v) is 7.53. The molecule has 0 N–H and O–H groups in total. The summed E-state index contributed by atoms with van der Waals surface area (Å²) in [7, 11) is 0. The highest BCUT2D eigenvalue weighted by Crippen LogP contribution is 2.41. The van der Waals surface area contributed by atoms with Crippen molar-refractivity contribution in [2.24, 2.45) is 4.99 Å². The van der Waals surface area contributed by atoms with E-state index >= 15 is 0 Å². The molecule has 0 amide bonds. The molecule has 21 heavy (non-hydrogen) atoms. The molecule has 2 heterocycles. The number of rotatable bonds is 2. The fraction of sp³-hybridized carbons (Fsp3) is 0.368. The fourth-order valence-electron chi connectivity index (χ4n) is 3.34. The van der Waals surface area contributed by atoms with E-state index in [1.54, 1.807) is 0 Å². The third kappa shape index (κ3) is 2.63. The number of hydrogen-bond donors (Lipinski definition) is 0. The van der Waals surface area contributed by atoms with E-state index in [1.165, 1.54) is 28.0 Å². The highest BCUT2D eigenvalue weighted by atomic mass is 14.9. The third-order valence-electron chi connectivity index (χ3n) is 4.47. The van der Waals surface area contributed by atoms with Crippen LogP contribution in [0, 0.1) is 13.8 Å². The van der Waals surface area contributed by atoms with Crippen molar-refractivity contribution in [1.29, 1.82) is 0 Å². The van der Waals surface area contributed by atoms with Gasteiger partial charge in [-0.15, -0.1) is 0 Å². The van der Waals surface area contributed by atoms with Crippen molar-refractivity contribution in [3.8, 4) is 0 Å². The number of hydrogen-bond acceptors (Lipinski definition) is 2. The van der Waals surface area contributed by atoms with Crippen LogP contribution in [0.5, 0.6) is 0 Å². The molecule has 108 valence electrons. The summed E-state index contributed by atoms with van der Waals surface area (Å²) >= 11 is 0. The largest absolute Gasteiger partial charge is 0.282 e. The molecule has 0 saturated carbocycles. The number of benzene rings is 1. The first-order valence-electron chi connectivity index (χ1n) is 7.53. The Balaban J connectivity index is 1.97. The maximum absolute atomic E-state index is 5.04. The van der Waals surface area contributed by atoms with E-state index in [2.05, 4.69) is 63.0 Å². The molecule has 1 aliphatic rings. The lowest BCUT2D eigenvalue weighted by Crippen LogP contribution is -2.22. The van der Waals surface area contributed by atoms with Crippen LogP contribution < -0.4 is 0 Å². The van der Waals surface area contributed by atoms with Crippen LogP contribution in [0.2, 0.25) is 0 Å². The van der Waals surface area contributed by atoms with Gasteiger partial charge in [0, 0.05) is 24.0 Å². The molecule has 0 aliphatic carbocycles. The van der Waals surface area contributed by atoms with E-state index in [9.17, 15) is 0 Å². The van der Waals surface area contributed by atoms with Crippen molar-refractivity contribution < 1.29 is 0 Å². The molecule has 1 atom stereocenters. The number of aromatic nitrogens is 1. The Kier molecular flexibility index (Phi) is 3.40. The molecule has 3 rings (SSSR count). The zero-order chi connectivity index (χ0) is 15.0. The Morgan fingerprint density at radius 3 is 2.43 bits per heavy atom. The molecule has 2 heteroatoms. The maximum atomic E-state index is 5.04. The highest BCUT2D eigenvalue weighted by molar-refractivity contribution is 6.04. The Morgan fingerprint density at radius 1 is 1.05 bits per heavy atom. The maximum Gasteiger partial charge on any atom is 0.0627 e. The van der Waals surface area contributed by atoms with Crippen LogP contribution >= 0.6 is 0 Å². The van der Waals surface area contributed by atoms with E-state index < -0.39 is 0 Å². The van der Waals surface area contributed by atoms with Gasteiger partial charge in [-0.25, -0.2) is 0 Å². The Hall–Kier alpha value is -1.96. The summed E-state index contributed by atoms with van der Waals surface area (Å²) in [6, 6.07) is 10.9. The summed E-state index contributed by atoms with van der Waals surface area (Å²) in [6.45, 7) is 8.78. The predicted molar refractivity (Wildman–Crippen MR) is 88.1 cm³/mol. The lowest BCUT2D eigenvalue weighted by molar-refractivity contribution is 0.452. The minimum absolute atomic E-state index is 0.0615. The molecule has 1 aromatic carbocycles. The van der Waals surface area contributed by atoms with E-state index in [0.29, 0.717) is 5.92 Å². The third-order valence-corrected chi connectivity index (χ3v) is 4.47. The summed E-state index contributed by atoms with van der Waals surface area (Å²) in [5.41, 5.74) is 6.43. The number of nitrogens with zero attached hydrogens (tertiary/aromatic N) is 2. The lowest BCUT2D eigenvalue weighted by Gasteiger charge is -2.24. The normalized spacial score (nSPS) is 20.4. The van der Waals surface area contributed by atoms with Crippen LogP contribution in [0.25, 0.3) is 0 Å². The van der Waals surface area contributed by atoms with Gasteiger partial charge in [-0.2, -0.15) is 0 Å². The van der Waals surface area contributed by atoms with Gasteiger partial charge in [0.25, 0.3) is 0 Å². The van der Waals surface area contributed by atoms with Crippen molar-refractivity contribution >= 4 is 5.71 Å². The van der Waals surface area contributed by atoms with Crippen LogP contribution in [0.1, 0.15) is 48.4 Å². The van der Waals surface area contributed by atoms with E-state index in [-0.39, 0.29) is 5.54 Å². The van der Waals surface area contributed by atoms with E-state index in [4.69, 9.17) is 4.99 Å². The lowest BCUT2D eigenvalue weighted by atomic mass is 9.82. The summed E-state index contributed by atoms with van der Waals surface area (Å²) in [4.78, 5) is 9.16. The Morgan fingerprint density at radius 2 is 1.76 bits per heavy atom. The topological polar surface area (TPSA) is 25.2 Å². The fourth-order valence-corrected chi connectivity index (χ4v) is 3.34. The van der Waals surface area contributed by atoms with Gasteiger partial charge < -0.3 is 0 Å². The van der Waals surface area contributed by atoms with Gasteiger partial charge in [0.1, 0.15) is 0 Å². The zero-order valence-electron chi connectivity index (χ0n) is 13.2. The summed E-state index contributed by atoms with van der Waals surface area (Å²) in [6.07, 6.45) is 4.75. The molecule has 0 saturated heterocycles. The first-order chi connectivity index (χ1) is 9.97. The first kappa shape index (κ1) is 14.0. The van der Waals surface area contributed by atoms with Crippen molar-refractivity contribution in [3.05, 3.63) is 65.0 Å². The van der Waals surface area contributed by atoms with Crippen LogP contribution in [-0.4, -0.2) is 16.2 Å². The monoisotopic (exact) mass is 278 g/mol. The van der Waals surface area contributed by atoms with Crippen molar-refractivity contribution in [2.45, 2.75) is 45.6 Å². The van der Waals surface area contributed by atoms with Crippen molar-refractivity contribution in [1.82, 2.24) is 4.98 Å². The second-order valence-corrected chi connectivity index (χ2v) is 6.57. The number of aryl methyl sites for hydroxylation is 2. The predicted octanol–water partition coefficient (Wildman–Crippen LogP) is 4.45. The minimum atomic E-state index is -0.0615.